The molecule has 1 heterocycles. The van der Waals surface area contributed by atoms with Crippen molar-refractivity contribution in [1.82, 2.24) is 10.3 Å². The van der Waals surface area contributed by atoms with Crippen LogP contribution >= 0.6 is 0 Å². The van der Waals surface area contributed by atoms with E-state index >= 15 is 0 Å². The topological polar surface area (TPSA) is 65.4 Å². The van der Waals surface area contributed by atoms with Gasteiger partial charge in [-0.25, -0.2) is 0 Å². The van der Waals surface area contributed by atoms with Gasteiger partial charge in [0, 0.05) is 12.4 Å². The molecule has 1 aromatic heterocycles. The molecule has 0 saturated carbocycles. The maximum atomic E-state index is 9.42. The van der Waals surface area contributed by atoms with Crippen LogP contribution in [0.25, 0.3) is 0 Å². The highest BCUT2D eigenvalue weighted by molar-refractivity contribution is 5.33. The van der Waals surface area contributed by atoms with Gasteiger partial charge in [-0.2, -0.15) is 0 Å². The molecule has 112 valence electrons. The zero-order chi connectivity index (χ0) is 15.1. The van der Waals surface area contributed by atoms with E-state index < -0.39 is 0 Å². The van der Waals surface area contributed by atoms with Crippen molar-refractivity contribution in [3.8, 4) is 5.75 Å². The second-order valence-corrected chi connectivity index (χ2v) is 5.26. The Labute approximate surface area is 125 Å². The fourth-order valence-electron chi connectivity index (χ4n) is 2.29. The Kier molecular flexibility index (Phi) is 5.72. The van der Waals surface area contributed by atoms with Crippen LogP contribution in [-0.2, 0) is 0 Å². The first-order chi connectivity index (χ1) is 10.2. The van der Waals surface area contributed by atoms with Crippen LogP contribution in [0.3, 0.4) is 0 Å². The number of aliphatic hydroxyl groups excluding tert-OH is 1. The first kappa shape index (κ1) is 15.5. The third-order valence-corrected chi connectivity index (χ3v) is 3.39. The Bertz CT molecular complexity index is 526. The number of rotatable bonds is 7. The number of aromatic hydroxyl groups is 1. The maximum Gasteiger partial charge on any atom is 0.115 e. The van der Waals surface area contributed by atoms with Crippen molar-refractivity contribution in [3.05, 3.63) is 59.9 Å². The average Bonchev–Trinajstić information content (AvgIpc) is 2.49. The van der Waals surface area contributed by atoms with Gasteiger partial charge in [-0.3, -0.25) is 4.98 Å². The van der Waals surface area contributed by atoms with E-state index in [-0.39, 0.29) is 17.9 Å². The number of nitrogens with one attached hydrogen (secondary N) is 1. The number of benzene rings is 1. The Morgan fingerprint density at radius 1 is 1.14 bits per heavy atom. The van der Waals surface area contributed by atoms with Crippen LogP contribution < -0.4 is 5.32 Å². The SMILES string of the molecule is CC(O)CCCNC(c1ccc(O)cc1)c1cccnc1. The predicted molar refractivity (Wildman–Crippen MR) is 83.1 cm³/mol. The second kappa shape index (κ2) is 7.76. The molecule has 0 aliphatic rings. The Morgan fingerprint density at radius 3 is 2.52 bits per heavy atom. The fourth-order valence-corrected chi connectivity index (χ4v) is 2.29. The zero-order valence-electron chi connectivity index (χ0n) is 12.2. The lowest BCUT2D eigenvalue weighted by Crippen LogP contribution is -2.24. The Hall–Kier alpha value is -1.91. The molecule has 2 unspecified atom stereocenters. The van der Waals surface area contributed by atoms with Crippen LogP contribution in [0.15, 0.2) is 48.8 Å². The van der Waals surface area contributed by atoms with E-state index in [1.807, 2.05) is 30.5 Å². The van der Waals surface area contributed by atoms with E-state index in [1.54, 1.807) is 25.3 Å². The van der Waals surface area contributed by atoms with Gasteiger partial charge in [0.2, 0.25) is 0 Å². The van der Waals surface area contributed by atoms with E-state index in [4.69, 9.17) is 0 Å². The molecule has 3 N–H and O–H groups in total. The average molecular weight is 286 g/mol. The molecule has 1 aromatic carbocycles. The molecule has 0 saturated heterocycles. The smallest absolute Gasteiger partial charge is 0.115 e. The van der Waals surface area contributed by atoms with Gasteiger partial charge in [0.15, 0.2) is 0 Å². The van der Waals surface area contributed by atoms with Gasteiger partial charge in [-0.15, -0.1) is 0 Å². The molecule has 21 heavy (non-hydrogen) atoms. The molecular weight excluding hydrogens is 264 g/mol. The molecular formula is C17H22N2O2. The highest BCUT2D eigenvalue weighted by atomic mass is 16.3. The standard InChI is InChI=1S/C17H22N2O2/c1-13(20)4-2-11-19-17(15-5-3-10-18-12-15)14-6-8-16(21)9-7-14/h3,5-10,12-13,17,19-21H,2,4,11H2,1H3. The molecule has 4 heteroatoms. The van der Waals surface area contributed by atoms with E-state index in [9.17, 15) is 10.2 Å². The van der Waals surface area contributed by atoms with Gasteiger partial charge in [0.25, 0.3) is 0 Å². The quantitative estimate of drug-likeness (QED) is 0.685. The number of phenols is 1. The number of aliphatic hydroxyl groups is 1. The summed E-state index contributed by atoms with van der Waals surface area (Å²) in [6.45, 7) is 2.61. The Balaban J connectivity index is 2.09. The minimum atomic E-state index is -0.266. The van der Waals surface area contributed by atoms with Gasteiger partial charge in [0.05, 0.1) is 12.1 Å². The number of hydrogen-bond acceptors (Lipinski definition) is 4. The van der Waals surface area contributed by atoms with Gasteiger partial charge < -0.3 is 15.5 Å². The van der Waals surface area contributed by atoms with Crippen molar-refractivity contribution in [2.24, 2.45) is 0 Å². The third kappa shape index (κ3) is 4.85. The van der Waals surface area contributed by atoms with Crippen molar-refractivity contribution in [3.63, 3.8) is 0 Å². The first-order valence-corrected chi connectivity index (χ1v) is 7.27. The first-order valence-electron chi connectivity index (χ1n) is 7.27. The van der Waals surface area contributed by atoms with Crippen LogP contribution in [0.4, 0.5) is 0 Å². The van der Waals surface area contributed by atoms with Gasteiger partial charge in [-0.05, 0) is 55.6 Å². The number of pyridine rings is 1. The molecule has 0 spiro atoms. The molecule has 2 aromatic rings. The summed E-state index contributed by atoms with van der Waals surface area (Å²) in [5.41, 5.74) is 2.16. The highest BCUT2D eigenvalue weighted by Gasteiger charge is 2.13. The lowest BCUT2D eigenvalue weighted by atomic mass is 10.00. The largest absolute Gasteiger partial charge is 0.508 e. The molecule has 4 nitrogen and oxygen atoms in total. The minimum absolute atomic E-state index is 0.0355. The summed E-state index contributed by atoms with van der Waals surface area (Å²) in [5, 5.41) is 22.2. The van der Waals surface area contributed by atoms with E-state index in [1.165, 1.54) is 0 Å². The van der Waals surface area contributed by atoms with Crippen molar-refractivity contribution in [2.75, 3.05) is 6.54 Å². The number of hydrogen-bond donors (Lipinski definition) is 3. The minimum Gasteiger partial charge on any atom is -0.508 e. The number of nitrogens with zero attached hydrogens (tertiary/aromatic N) is 1. The summed E-state index contributed by atoms with van der Waals surface area (Å²) in [6, 6.07) is 11.2. The molecule has 0 aliphatic carbocycles. The summed E-state index contributed by atoms with van der Waals surface area (Å²) in [7, 11) is 0. The molecule has 0 amide bonds. The van der Waals surface area contributed by atoms with Crippen LogP contribution in [0.1, 0.15) is 36.9 Å². The highest BCUT2D eigenvalue weighted by Crippen LogP contribution is 2.23. The van der Waals surface area contributed by atoms with Crippen LogP contribution in [0.2, 0.25) is 0 Å². The molecule has 0 fully saturated rings. The van der Waals surface area contributed by atoms with E-state index in [2.05, 4.69) is 10.3 Å². The summed E-state index contributed by atoms with van der Waals surface area (Å²) in [6.07, 6.45) is 5.02. The van der Waals surface area contributed by atoms with Crippen LogP contribution in [0.5, 0.6) is 5.75 Å². The molecule has 0 radical (unpaired) electrons. The van der Waals surface area contributed by atoms with Gasteiger partial charge in [0.1, 0.15) is 5.75 Å². The third-order valence-electron chi connectivity index (χ3n) is 3.39. The zero-order valence-corrected chi connectivity index (χ0v) is 12.2. The van der Waals surface area contributed by atoms with Crippen molar-refractivity contribution in [1.29, 1.82) is 0 Å². The van der Waals surface area contributed by atoms with E-state index in [0.717, 1.165) is 30.5 Å². The number of phenolic OH excluding ortho intramolecular Hbond substituents is 1. The summed E-state index contributed by atoms with van der Waals surface area (Å²) < 4.78 is 0. The van der Waals surface area contributed by atoms with Crippen molar-refractivity contribution < 1.29 is 10.2 Å². The fraction of sp³-hybridized carbons (Fsp3) is 0.353. The van der Waals surface area contributed by atoms with Crippen molar-refractivity contribution >= 4 is 0 Å². The summed E-state index contributed by atoms with van der Waals surface area (Å²) in [5.74, 6) is 0.262. The number of aromatic nitrogens is 1. The lowest BCUT2D eigenvalue weighted by molar-refractivity contribution is 0.181. The van der Waals surface area contributed by atoms with E-state index in [0.29, 0.717) is 0 Å². The van der Waals surface area contributed by atoms with Gasteiger partial charge in [-0.1, -0.05) is 18.2 Å². The molecule has 0 bridgehead atoms. The van der Waals surface area contributed by atoms with Crippen LogP contribution in [-0.4, -0.2) is 27.8 Å². The van der Waals surface area contributed by atoms with Crippen LogP contribution in [0, 0.1) is 0 Å². The maximum absolute atomic E-state index is 9.42. The predicted octanol–water partition coefficient (Wildman–Crippen LogP) is 2.63. The molecule has 0 aliphatic heterocycles. The summed E-state index contributed by atoms with van der Waals surface area (Å²) in [4.78, 5) is 4.18. The normalized spacial score (nSPS) is 13.8. The van der Waals surface area contributed by atoms with Crippen molar-refractivity contribution in [2.45, 2.75) is 31.9 Å². The molecule has 2 atom stereocenters. The summed E-state index contributed by atoms with van der Waals surface area (Å²) >= 11 is 0. The Morgan fingerprint density at radius 2 is 1.90 bits per heavy atom. The second-order valence-electron chi connectivity index (χ2n) is 5.26. The lowest BCUT2D eigenvalue weighted by Gasteiger charge is -2.20. The monoisotopic (exact) mass is 286 g/mol. The molecule has 2 rings (SSSR count). The van der Waals surface area contributed by atoms with Gasteiger partial charge >= 0.3 is 0 Å².